The lowest BCUT2D eigenvalue weighted by molar-refractivity contribution is 0.594. The molecule has 0 bridgehead atoms. The van der Waals surface area contributed by atoms with Gasteiger partial charge in [-0.1, -0.05) is 42.5 Å². The van der Waals surface area contributed by atoms with Crippen LogP contribution in [0.5, 0.6) is 0 Å². The van der Waals surface area contributed by atoms with Gasteiger partial charge in [-0.3, -0.25) is 0 Å². The zero-order chi connectivity index (χ0) is 12.0. The number of allylic oxidation sites excluding steroid dienone is 2. The van der Waals surface area contributed by atoms with Crippen molar-refractivity contribution in [3.63, 3.8) is 0 Å². The fourth-order valence-corrected chi connectivity index (χ4v) is 3.00. The SMILES string of the molecule is C/C=C/C(/C=C/C)S(=O)(=O)c1ccccc1. The van der Waals surface area contributed by atoms with E-state index in [0.717, 1.165) is 0 Å². The average molecular weight is 236 g/mol. The summed E-state index contributed by atoms with van der Waals surface area (Å²) >= 11 is 0. The summed E-state index contributed by atoms with van der Waals surface area (Å²) in [6, 6.07) is 8.51. The molecule has 0 saturated carbocycles. The molecule has 1 aromatic rings. The third-order valence-corrected chi connectivity index (χ3v) is 4.15. The molecule has 0 N–H and O–H groups in total. The van der Waals surface area contributed by atoms with Gasteiger partial charge in [0.25, 0.3) is 0 Å². The minimum Gasteiger partial charge on any atom is -0.223 e. The second kappa shape index (κ2) is 5.66. The minimum absolute atomic E-state index is 0.358. The summed E-state index contributed by atoms with van der Waals surface area (Å²) in [6.45, 7) is 3.63. The maximum absolute atomic E-state index is 12.2. The largest absolute Gasteiger partial charge is 0.223 e. The Kier molecular flexibility index (Phi) is 4.50. The Morgan fingerprint density at radius 3 is 1.94 bits per heavy atom. The number of rotatable bonds is 4. The van der Waals surface area contributed by atoms with Crippen molar-refractivity contribution < 1.29 is 8.42 Å². The molecule has 0 saturated heterocycles. The quantitative estimate of drug-likeness (QED) is 0.753. The first kappa shape index (κ1) is 12.7. The molecule has 0 atom stereocenters. The molecule has 0 aliphatic heterocycles. The minimum atomic E-state index is -3.30. The van der Waals surface area contributed by atoms with Gasteiger partial charge in [-0.05, 0) is 26.0 Å². The number of sulfone groups is 1. The van der Waals surface area contributed by atoms with Crippen molar-refractivity contribution in [1.82, 2.24) is 0 Å². The molecule has 0 amide bonds. The maximum Gasteiger partial charge on any atom is 0.188 e. The molecule has 0 radical (unpaired) electrons. The van der Waals surface area contributed by atoms with E-state index in [1.807, 2.05) is 13.8 Å². The first-order chi connectivity index (χ1) is 7.62. The number of benzene rings is 1. The van der Waals surface area contributed by atoms with E-state index in [1.54, 1.807) is 54.6 Å². The smallest absolute Gasteiger partial charge is 0.188 e. The van der Waals surface area contributed by atoms with Crippen LogP contribution in [0.25, 0.3) is 0 Å². The van der Waals surface area contributed by atoms with Crippen molar-refractivity contribution in [3.05, 3.63) is 54.6 Å². The highest BCUT2D eigenvalue weighted by Crippen LogP contribution is 2.17. The number of hydrogen-bond donors (Lipinski definition) is 0. The highest BCUT2D eigenvalue weighted by atomic mass is 32.2. The van der Waals surface area contributed by atoms with Gasteiger partial charge in [0.2, 0.25) is 0 Å². The van der Waals surface area contributed by atoms with Crippen LogP contribution in [0.4, 0.5) is 0 Å². The molecule has 3 heteroatoms. The molecular formula is C13H16O2S. The molecule has 0 spiro atoms. The molecule has 0 fully saturated rings. The molecule has 2 nitrogen and oxygen atoms in total. The van der Waals surface area contributed by atoms with E-state index in [-0.39, 0.29) is 0 Å². The average Bonchev–Trinajstić information content (AvgIpc) is 2.30. The van der Waals surface area contributed by atoms with Crippen molar-refractivity contribution in [1.29, 1.82) is 0 Å². The van der Waals surface area contributed by atoms with Crippen molar-refractivity contribution >= 4 is 9.84 Å². The molecule has 0 unspecified atom stereocenters. The molecule has 0 aromatic heterocycles. The van der Waals surface area contributed by atoms with E-state index in [9.17, 15) is 8.42 Å². The van der Waals surface area contributed by atoms with Gasteiger partial charge in [-0.25, -0.2) is 8.42 Å². The van der Waals surface area contributed by atoms with E-state index < -0.39 is 15.1 Å². The van der Waals surface area contributed by atoms with E-state index in [0.29, 0.717) is 4.90 Å². The van der Waals surface area contributed by atoms with Crippen molar-refractivity contribution in [2.24, 2.45) is 0 Å². The summed E-state index contributed by atoms with van der Waals surface area (Å²) in [5, 5.41) is -0.579. The second-order valence-corrected chi connectivity index (χ2v) is 5.48. The third kappa shape index (κ3) is 2.83. The molecule has 0 heterocycles. The Labute approximate surface area is 97.2 Å². The summed E-state index contributed by atoms with van der Waals surface area (Å²) < 4.78 is 24.4. The first-order valence-electron chi connectivity index (χ1n) is 5.17. The van der Waals surface area contributed by atoms with Crippen molar-refractivity contribution in [3.8, 4) is 0 Å². The lowest BCUT2D eigenvalue weighted by Gasteiger charge is -2.09. The molecule has 0 aliphatic carbocycles. The normalized spacial score (nSPS) is 12.9. The van der Waals surface area contributed by atoms with E-state index in [1.165, 1.54) is 0 Å². The topological polar surface area (TPSA) is 34.1 Å². The highest BCUT2D eigenvalue weighted by Gasteiger charge is 2.21. The second-order valence-electron chi connectivity index (χ2n) is 3.37. The Bertz CT molecular complexity index is 458. The lowest BCUT2D eigenvalue weighted by atomic mass is 10.3. The monoisotopic (exact) mass is 236 g/mol. The molecule has 16 heavy (non-hydrogen) atoms. The Morgan fingerprint density at radius 2 is 1.50 bits per heavy atom. The van der Waals surface area contributed by atoms with Gasteiger partial charge >= 0.3 is 0 Å². The molecule has 0 aliphatic rings. The summed E-state index contributed by atoms with van der Waals surface area (Å²) in [6.07, 6.45) is 6.88. The van der Waals surface area contributed by atoms with Gasteiger partial charge < -0.3 is 0 Å². The fraction of sp³-hybridized carbons (Fsp3) is 0.231. The third-order valence-electron chi connectivity index (χ3n) is 2.19. The van der Waals surface area contributed by atoms with E-state index >= 15 is 0 Å². The maximum atomic E-state index is 12.2. The zero-order valence-electron chi connectivity index (χ0n) is 9.50. The summed E-state index contributed by atoms with van der Waals surface area (Å²) in [5.74, 6) is 0. The predicted octanol–water partition coefficient (Wildman–Crippen LogP) is 2.98. The van der Waals surface area contributed by atoms with Crippen molar-refractivity contribution in [2.75, 3.05) is 0 Å². The summed E-state index contributed by atoms with van der Waals surface area (Å²) in [7, 11) is -3.30. The van der Waals surface area contributed by atoms with Crippen LogP contribution >= 0.6 is 0 Å². The summed E-state index contributed by atoms with van der Waals surface area (Å²) in [5.41, 5.74) is 0. The first-order valence-corrected chi connectivity index (χ1v) is 6.72. The van der Waals surface area contributed by atoms with Gasteiger partial charge in [0, 0.05) is 0 Å². The molecule has 1 rings (SSSR count). The highest BCUT2D eigenvalue weighted by molar-refractivity contribution is 7.92. The van der Waals surface area contributed by atoms with Crippen LogP contribution < -0.4 is 0 Å². The predicted molar refractivity (Wildman–Crippen MR) is 67.0 cm³/mol. The molecule has 86 valence electrons. The van der Waals surface area contributed by atoms with Crippen LogP contribution in [0.1, 0.15) is 13.8 Å². The van der Waals surface area contributed by atoms with Gasteiger partial charge in [-0.15, -0.1) is 0 Å². The van der Waals surface area contributed by atoms with E-state index in [2.05, 4.69) is 0 Å². The summed E-state index contributed by atoms with van der Waals surface area (Å²) in [4.78, 5) is 0.358. The van der Waals surface area contributed by atoms with Gasteiger partial charge in [-0.2, -0.15) is 0 Å². The van der Waals surface area contributed by atoms with Gasteiger partial charge in [0.1, 0.15) is 5.25 Å². The Morgan fingerprint density at radius 1 is 1.00 bits per heavy atom. The standard InChI is InChI=1S/C13H16O2S/c1-3-8-12(9-4-2)16(14,15)13-10-6-5-7-11-13/h3-12H,1-2H3/b8-3+,9-4+. The van der Waals surface area contributed by atoms with Crippen LogP contribution in [0.15, 0.2) is 59.5 Å². The molecular weight excluding hydrogens is 220 g/mol. The van der Waals surface area contributed by atoms with Crippen LogP contribution in [-0.2, 0) is 9.84 Å². The zero-order valence-corrected chi connectivity index (χ0v) is 10.3. The Balaban J connectivity index is 3.19. The lowest BCUT2D eigenvalue weighted by Crippen LogP contribution is -2.16. The van der Waals surface area contributed by atoms with E-state index in [4.69, 9.17) is 0 Å². The Hall–Kier alpha value is -1.35. The van der Waals surface area contributed by atoms with Crippen LogP contribution in [0.2, 0.25) is 0 Å². The van der Waals surface area contributed by atoms with Crippen molar-refractivity contribution in [2.45, 2.75) is 24.0 Å². The molecule has 1 aromatic carbocycles. The van der Waals surface area contributed by atoms with Crippen LogP contribution in [0.3, 0.4) is 0 Å². The van der Waals surface area contributed by atoms with Gasteiger partial charge in [0.05, 0.1) is 4.90 Å². The number of hydrogen-bond acceptors (Lipinski definition) is 2. The van der Waals surface area contributed by atoms with Crippen LogP contribution in [-0.4, -0.2) is 13.7 Å². The van der Waals surface area contributed by atoms with Crippen LogP contribution in [0, 0.1) is 0 Å². The fourth-order valence-electron chi connectivity index (χ4n) is 1.42. The van der Waals surface area contributed by atoms with Gasteiger partial charge in [0.15, 0.2) is 9.84 Å².